The summed E-state index contributed by atoms with van der Waals surface area (Å²) in [4.78, 5) is 12.6. The average Bonchev–Trinajstić information content (AvgIpc) is 3.30. The van der Waals surface area contributed by atoms with E-state index in [1.807, 2.05) is 4.57 Å². The summed E-state index contributed by atoms with van der Waals surface area (Å²) in [5.41, 5.74) is 0.463. The number of carbonyl (C=O) groups excluding carboxylic acids is 1. The molecule has 9 heteroatoms. The average molecular weight is 423 g/mol. The fourth-order valence-electron chi connectivity index (χ4n) is 2.30. The molecule has 0 spiro atoms. The molecule has 6 nitrogen and oxygen atoms in total. The molecule has 3 aromatic rings. The molecule has 140 valence electrons. The van der Waals surface area contributed by atoms with Gasteiger partial charge < -0.3 is 9.73 Å². The smallest absolute Gasteiger partial charge is 0.237 e. The summed E-state index contributed by atoms with van der Waals surface area (Å²) < 4.78 is 7.24. The molecule has 1 atom stereocenters. The standard InChI is InChI=1S/C18H16Cl2N4O2S/c1-3-9-24-16(14-8-5-10-26-14)22-23-18(24)27-11(2)17(25)21-13-7-4-6-12(19)15(13)20/h3-8,10-11H,1,9H2,2H3,(H,21,25). The van der Waals surface area contributed by atoms with Gasteiger partial charge in [-0.25, -0.2) is 0 Å². The van der Waals surface area contributed by atoms with Gasteiger partial charge in [-0.05, 0) is 31.2 Å². The molecule has 1 N–H and O–H groups in total. The summed E-state index contributed by atoms with van der Waals surface area (Å²) in [5, 5.41) is 12.0. The fourth-order valence-corrected chi connectivity index (χ4v) is 3.51. The van der Waals surface area contributed by atoms with E-state index in [4.69, 9.17) is 27.6 Å². The number of anilines is 1. The highest BCUT2D eigenvalue weighted by Crippen LogP contribution is 2.31. The first-order valence-electron chi connectivity index (χ1n) is 8.00. The minimum absolute atomic E-state index is 0.225. The van der Waals surface area contributed by atoms with Gasteiger partial charge in [0.05, 0.1) is 27.2 Å². The van der Waals surface area contributed by atoms with Crippen LogP contribution in [0.4, 0.5) is 5.69 Å². The first-order chi connectivity index (χ1) is 13.0. The van der Waals surface area contributed by atoms with Crippen molar-refractivity contribution in [1.29, 1.82) is 0 Å². The Kier molecular flexibility index (Phi) is 6.26. The molecule has 0 aliphatic rings. The topological polar surface area (TPSA) is 73.0 Å². The van der Waals surface area contributed by atoms with Crippen molar-refractivity contribution in [2.75, 3.05) is 5.32 Å². The van der Waals surface area contributed by atoms with Crippen LogP contribution in [0.1, 0.15) is 6.92 Å². The van der Waals surface area contributed by atoms with Gasteiger partial charge in [0, 0.05) is 6.54 Å². The van der Waals surface area contributed by atoms with Crippen LogP contribution < -0.4 is 5.32 Å². The number of nitrogens with zero attached hydrogens (tertiary/aromatic N) is 3. The number of hydrogen-bond acceptors (Lipinski definition) is 5. The van der Waals surface area contributed by atoms with Crippen molar-refractivity contribution in [2.45, 2.75) is 23.9 Å². The Morgan fingerprint density at radius 3 is 2.89 bits per heavy atom. The molecule has 1 amide bonds. The normalized spacial score (nSPS) is 12.0. The Balaban J connectivity index is 1.77. The summed E-state index contributed by atoms with van der Waals surface area (Å²) >= 11 is 13.4. The molecule has 1 unspecified atom stereocenters. The summed E-state index contributed by atoms with van der Waals surface area (Å²) in [7, 11) is 0. The van der Waals surface area contributed by atoms with Gasteiger partial charge in [-0.3, -0.25) is 9.36 Å². The molecule has 27 heavy (non-hydrogen) atoms. The van der Waals surface area contributed by atoms with E-state index >= 15 is 0 Å². The van der Waals surface area contributed by atoms with E-state index in [-0.39, 0.29) is 5.91 Å². The number of carbonyl (C=O) groups is 1. The van der Waals surface area contributed by atoms with E-state index in [1.165, 1.54) is 11.8 Å². The third-order valence-corrected chi connectivity index (χ3v) is 5.53. The number of nitrogens with one attached hydrogen (secondary N) is 1. The first-order valence-corrected chi connectivity index (χ1v) is 9.64. The van der Waals surface area contributed by atoms with Crippen LogP contribution in [0.25, 0.3) is 11.6 Å². The summed E-state index contributed by atoms with van der Waals surface area (Å²) in [5.74, 6) is 0.948. The maximum absolute atomic E-state index is 12.6. The van der Waals surface area contributed by atoms with Crippen LogP contribution in [0.5, 0.6) is 0 Å². The van der Waals surface area contributed by atoms with E-state index in [1.54, 1.807) is 49.6 Å². The van der Waals surface area contributed by atoms with Gasteiger partial charge in [0.2, 0.25) is 11.7 Å². The third kappa shape index (κ3) is 4.37. The van der Waals surface area contributed by atoms with Crippen molar-refractivity contribution in [1.82, 2.24) is 14.8 Å². The lowest BCUT2D eigenvalue weighted by molar-refractivity contribution is -0.115. The van der Waals surface area contributed by atoms with Crippen molar-refractivity contribution in [3.63, 3.8) is 0 Å². The molecule has 2 heterocycles. The van der Waals surface area contributed by atoms with Crippen molar-refractivity contribution in [3.8, 4) is 11.6 Å². The molecule has 3 rings (SSSR count). The highest BCUT2D eigenvalue weighted by molar-refractivity contribution is 8.00. The van der Waals surface area contributed by atoms with Crippen LogP contribution in [-0.2, 0) is 11.3 Å². The van der Waals surface area contributed by atoms with Gasteiger partial charge in [0.25, 0.3) is 0 Å². The van der Waals surface area contributed by atoms with Gasteiger partial charge in [-0.1, -0.05) is 47.1 Å². The number of allylic oxidation sites excluding steroid dienone is 1. The largest absolute Gasteiger partial charge is 0.461 e. The molecule has 0 saturated carbocycles. The monoisotopic (exact) mass is 422 g/mol. The van der Waals surface area contributed by atoms with E-state index < -0.39 is 5.25 Å². The number of aromatic nitrogens is 3. The zero-order valence-corrected chi connectivity index (χ0v) is 16.7. The second kappa shape index (κ2) is 8.65. The molecule has 0 saturated heterocycles. The second-order valence-electron chi connectivity index (χ2n) is 5.53. The third-order valence-electron chi connectivity index (χ3n) is 3.63. The Labute approximate surface area is 170 Å². The highest BCUT2D eigenvalue weighted by Gasteiger charge is 2.22. The predicted molar refractivity (Wildman–Crippen MR) is 108 cm³/mol. The first kappa shape index (κ1) is 19.5. The zero-order valence-electron chi connectivity index (χ0n) is 14.4. The van der Waals surface area contributed by atoms with Crippen molar-refractivity contribution < 1.29 is 9.21 Å². The lowest BCUT2D eigenvalue weighted by atomic mass is 10.3. The van der Waals surface area contributed by atoms with E-state index in [2.05, 4.69) is 22.1 Å². The lowest BCUT2D eigenvalue weighted by Crippen LogP contribution is -2.23. The molecular formula is C18H16Cl2N4O2S. The van der Waals surface area contributed by atoms with Crippen molar-refractivity contribution in [2.24, 2.45) is 0 Å². The number of benzene rings is 1. The highest BCUT2D eigenvalue weighted by atomic mass is 35.5. The number of thioether (sulfide) groups is 1. The van der Waals surface area contributed by atoms with Crippen LogP contribution in [0.3, 0.4) is 0 Å². The predicted octanol–water partition coefficient (Wildman–Crippen LogP) is 5.15. The number of amides is 1. The van der Waals surface area contributed by atoms with Crippen LogP contribution in [-0.4, -0.2) is 25.9 Å². The number of furan rings is 1. The Bertz CT molecular complexity index is 956. The minimum Gasteiger partial charge on any atom is -0.461 e. The molecule has 2 aromatic heterocycles. The number of hydrogen-bond donors (Lipinski definition) is 1. The fraction of sp³-hybridized carbons (Fsp3) is 0.167. The molecule has 0 aliphatic heterocycles. The molecule has 0 bridgehead atoms. The summed E-state index contributed by atoms with van der Waals surface area (Å²) in [6, 6.07) is 8.65. The maximum Gasteiger partial charge on any atom is 0.237 e. The van der Waals surface area contributed by atoms with E-state index in [9.17, 15) is 4.79 Å². The number of halogens is 2. The molecule has 0 fully saturated rings. The molecule has 0 radical (unpaired) electrons. The SMILES string of the molecule is C=CCn1c(SC(C)C(=O)Nc2cccc(Cl)c2Cl)nnc1-c1ccco1. The number of rotatable bonds is 7. The van der Waals surface area contributed by atoms with Crippen LogP contribution in [0, 0.1) is 0 Å². The Morgan fingerprint density at radius 1 is 1.37 bits per heavy atom. The van der Waals surface area contributed by atoms with Gasteiger partial charge >= 0.3 is 0 Å². The summed E-state index contributed by atoms with van der Waals surface area (Å²) in [6.45, 7) is 6.03. The molecule has 1 aromatic carbocycles. The quantitative estimate of drug-likeness (QED) is 0.420. The Hall–Kier alpha value is -2.22. The second-order valence-corrected chi connectivity index (χ2v) is 7.63. The van der Waals surface area contributed by atoms with Crippen LogP contribution in [0.2, 0.25) is 10.0 Å². The lowest BCUT2D eigenvalue weighted by Gasteiger charge is -2.13. The molecular weight excluding hydrogens is 407 g/mol. The van der Waals surface area contributed by atoms with Gasteiger partial charge in [0.1, 0.15) is 0 Å². The van der Waals surface area contributed by atoms with Gasteiger partial charge in [-0.15, -0.1) is 16.8 Å². The van der Waals surface area contributed by atoms with Crippen LogP contribution >= 0.6 is 35.0 Å². The van der Waals surface area contributed by atoms with E-state index in [0.717, 1.165) is 0 Å². The van der Waals surface area contributed by atoms with Gasteiger partial charge in [0.15, 0.2) is 10.9 Å². The van der Waals surface area contributed by atoms with Crippen LogP contribution in [0.15, 0.2) is 58.8 Å². The summed E-state index contributed by atoms with van der Waals surface area (Å²) in [6.07, 6.45) is 3.30. The van der Waals surface area contributed by atoms with Crippen molar-refractivity contribution in [3.05, 3.63) is 59.3 Å². The zero-order chi connectivity index (χ0) is 19.4. The van der Waals surface area contributed by atoms with E-state index in [0.29, 0.717) is 39.0 Å². The molecule has 0 aliphatic carbocycles. The minimum atomic E-state index is -0.447. The maximum atomic E-state index is 12.6. The Morgan fingerprint density at radius 2 is 2.19 bits per heavy atom. The van der Waals surface area contributed by atoms with Crippen molar-refractivity contribution >= 4 is 46.6 Å². The van der Waals surface area contributed by atoms with Gasteiger partial charge in [-0.2, -0.15) is 0 Å².